The van der Waals surface area contributed by atoms with Gasteiger partial charge in [-0.2, -0.15) is 5.10 Å². The fourth-order valence-corrected chi connectivity index (χ4v) is 0.220. The van der Waals surface area contributed by atoms with Gasteiger partial charge in [0.25, 0.3) is 0 Å². The Kier molecular flexibility index (Phi) is 2.92. The third kappa shape index (κ3) is 2.96. The van der Waals surface area contributed by atoms with Crippen molar-refractivity contribution in [3.05, 3.63) is 0 Å². The molecule has 40 valence electrons. The molecule has 0 saturated carbocycles. The lowest BCUT2D eigenvalue weighted by Gasteiger charge is -1.79. The molecule has 0 aliphatic heterocycles. The molecule has 0 amide bonds. The lowest BCUT2D eigenvalue weighted by Crippen LogP contribution is -1.96. The molecule has 0 aromatic rings. The minimum Gasteiger partial charge on any atom is -0.323 e. The highest BCUT2D eigenvalue weighted by Gasteiger charge is 1.74. The third-order valence-corrected chi connectivity index (χ3v) is 0.520. The molecule has 0 aliphatic rings. The van der Waals surface area contributed by atoms with Crippen LogP contribution in [0.5, 0.6) is 0 Å². The number of hydrogen-bond acceptors (Lipinski definition) is 3. The van der Waals surface area contributed by atoms with Gasteiger partial charge in [0.2, 0.25) is 0 Å². The van der Waals surface area contributed by atoms with E-state index in [2.05, 4.69) is 10.1 Å². The molecule has 0 spiro atoms. The fourth-order valence-electron chi connectivity index (χ4n) is 0.220. The second-order valence-electron chi connectivity index (χ2n) is 1.16. The van der Waals surface area contributed by atoms with E-state index >= 15 is 0 Å². The molecule has 2 N–H and O–H groups in total. The van der Waals surface area contributed by atoms with E-state index in [1.807, 2.05) is 0 Å². The van der Waals surface area contributed by atoms with Crippen molar-refractivity contribution in [2.24, 2.45) is 15.9 Å². The lowest BCUT2D eigenvalue weighted by molar-refractivity contribution is 1.25. The summed E-state index contributed by atoms with van der Waals surface area (Å²) in [7, 11) is 1.68. The van der Waals surface area contributed by atoms with Crippen LogP contribution < -0.4 is 5.84 Å². The van der Waals surface area contributed by atoms with Crippen LogP contribution in [0.4, 0.5) is 0 Å². The van der Waals surface area contributed by atoms with E-state index in [4.69, 9.17) is 5.84 Å². The van der Waals surface area contributed by atoms with Crippen molar-refractivity contribution >= 4 is 11.9 Å². The zero-order chi connectivity index (χ0) is 5.70. The maximum absolute atomic E-state index is 4.85. The number of hydrazone groups is 1. The van der Waals surface area contributed by atoms with Crippen molar-refractivity contribution in [2.75, 3.05) is 7.05 Å². The van der Waals surface area contributed by atoms with E-state index < -0.39 is 0 Å². The van der Waals surface area contributed by atoms with E-state index in [0.29, 0.717) is 0 Å². The number of aliphatic imine (C=N–C) groups is 1. The van der Waals surface area contributed by atoms with Gasteiger partial charge < -0.3 is 5.84 Å². The highest BCUT2D eigenvalue weighted by atomic mass is 15.1. The van der Waals surface area contributed by atoms with Crippen molar-refractivity contribution < 1.29 is 0 Å². The molecule has 0 bridgehead atoms. The van der Waals surface area contributed by atoms with Gasteiger partial charge in [0.05, 0.1) is 5.71 Å². The van der Waals surface area contributed by atoms with Gasteiger partial charge in [-0.1, -0.05) is 0 Å². The van der Waals surface area contributed by atoms with Crippen LogP contribution >= 0.6 is 0 Å². The fraction of sp³-hybridized carbons (Fsp3) is 0.500. The average Bonchev–Trinajstić information content (AvgIpc) is 1.68. The molecule has 0 radical (unpaired) electrons. The highest BCUT2D eigenvalue weighted by Crippen LogP contribution is 1.62. The van der Waals surface area contributed by atoms with Crippen molar-refractivity contribution in [1.29, 1.82) is 0 Å². The maximum atomic E-state index is 4.85. The number of hydrogen-bond donors (Lipinski definition) is 1. The van der Waals surface area contributed by atoms with Crippen LogP contribution in [0.2, 0.25) is 0 Å². The summed E-state index contributed by atoms with van der Waals surface area (Å²) in [6.45, 7) is 1.78. The van der Waals surface area contributed by atoms with Crippen LogP contribution in [0.25, 0.3) is 0 Å². The van der Waals surface area contributed by atoms with Gasteiger partial charge in [-0.25, -0.2) is 0 Å². The number of rotatable bonds is 1. The molecular formula is C4H9N3. The monoisotopic (exact) mass is 99.1 g/mol. The van der Waals surface area contributed by atoms with Crippen molar-refractivity contribution in [2.45, 2.75) is 6.92 Å². The van der Waals surface area contributed by atoms with Crippen molar-refractivity contribution in [1.82, 2.24) is 0 Å². The molecule has 0 aromatic heterocycles. The van der Waals surface area contributed by atoms with Crippen LogP contribution in [0.1, 0.15) is 6.92 Å². The first-order chi connectivity index (χ1) is 3.31. The van der Waals surface area contributed by atoms with Crippen molar-refractivity contribution in [3.8, 4) is 0 Å². The summed E-state index contributed by atoms with van der Waals surface area (Å²) < 4.78 is 0. The van der Waals surface area contributed by atoms with Crippen LogP contribution in [0.15, 0.2) is 10.1 Å². The molecule has 7 heavy (non-hydrogen) atoms. The van der Waals surface area contributed by atoms with E-state index in [1.165, 1.54) is 0 Å². The first-order valence-corrected chi connectivity index (χ1v) is 1.98. The first-order valence-electron chi connectivity index (χ1n) is 1.98. The smallest absolute Gasteiger partial charge is 0.0747 e. The van der Waals surface area contributed by atoms with Crippen LogP contribution in [-0.4, -0.2) is 19.0 Å². The average molecular weight is 99.1 g/mol. The number of nitrogens with zero attached hydrogens (tertiary/aromatic N) is 2. The summed E-state index contributed by atoms with van der Waals surface area (Å²) in [4.78, 5) is 3.67. The van der Waals surface area contributed by atoms with Gasteiger partial charge in [-0.05, 0) is 6.92 Å². The Morgan fingerprint density at radius 3 is 2.43 bits per heavy atom. The van der Waals surface area contributed by atoms with Crippen LogP contribution in [0.3, 0.4) is 0 Å². The Labute approximate surface area is 42.9 Å². The van der Waals surface area contributed by atoms with E-state index in [9.17, 15) is 0 Å². The molecule has 0 heterocycles. The Morgan fingerprint density at radius 1 is 1.71 bits per heavy atom. The van der Waals surface area contributed by atoms with Gasteiger partial charge in [0.1, 0.15) is 0 Å². The molecule has 0 rings (SSSR count). The largest absolute Gasteiger partial charge is 0.323 e. The van der Waals surface area contributed by atoms with Crippen LogP contribution in [0, 0.1) is 0 Å². The van der Waals surface area contributed by atoms with E-state index in [-0.39, 0.29) is 0 Å². The van der Waals surface area contributed by atoms with E-state index in [0.717, 1.165) is 5.71 Å². The third-order valence-electron chi connectivity index (χ3n) is 0.520. The minimum atomic E-state index is 0.738. The second kappa shape index (κ2) is 3.33. The summed E-state index contributed by atoms with van der Waals surface area (Å²) in [5, 5.41) is 3.35. The zero-order valence-corrected chi connectivity index (χ0v) is 4.55. The summed E-state index contributed by atoms with van der Waals surface area (Å²) >= 11 is 0. The van der Waals surface area contributed by atoms with Gasteiger partial charge >= 0.3 is 0 Å². The van der Waals surface area contributed by atoms with Gasteiger partial charge in [-0.3, -0.25) is 4.99 Å². The molecule has 0 aliphatic carbocycles. The Hall–Kier alpha value is -0.860. The molecule has 3 heteroatoms. The molecule has 3 nitrogen and oxygen atoms in total. The Bertz CT molecular complexity index is 93.1. The second-order valence-corrected chi connectivity index (χ2v) is 1.16. The zero-order valence-electron chi connectivity index (χ0n) is 4.55. The first kappa shape index (κ1) is 6.14. The van der Waals surface area contributed by atoms with Gasteiger partial charge in [-0.15, -0.1) is 0 Å². The normalized spacial score (nSPS) is 13.1. The Balaban J connectivity index is 3.58. The number of nitrogens with two attached hydrogens (primary N) is 1. The van der Waals surface area contributed by atoms with Crippen molar-refractivity contribution in [3.63, 3.8) is 0 Å². The minimum absolute atomic E-state index is 0.738. The summed E-state index contributed by atoms with van der Waals surface area (Å²) in [6.07, 6.45) is 1.60. The van der Waals surface area contributed by atoms with E-state index in [1.54, 1.807) is 20.2 Å². The maximum Gasteiger partial charge on any atom is 0.0747 e. The summed E-state index contributed by atoms with van der Waals surface area (Å²) in [5.74, 6) is 4.85. The standard InChI is InChI=1S/C4H9N3/c1-4(7-5)3-6-2/h3H,5H2,1-2H3/b6-3?,7-4-. The highest BCUT2D eigenvalue weighted by molar-refractivity contribution is 6.29. The van der Waals surface area contributed by atoms with Gasteiger partial charge in [0, 0.05) is 13.3 Å². The SMILES string of the molecule is CN=C/C(C)=N\N. The molecule has 0 atom stereocenters. The van der Waals surface area contributed by atoms with Gasteiger partial charge in [0.15, 0.2) is 0 Å². The summed E-state index contributed by atoms with van der Waals surface area (Å²) in [5.41, 5.74) is 0.738. The molecule has 0 saturated heterocycles. The molecule has 0 unspecified atom stereocenters. The predicted molar refractivity (Wildman–Crippen MR) is 31.7 cm³/mol. The predicted octanol–water partition coefficient (Wildman–Crippen LogP) is 0.0216. The molecular weight excluding hydrogens is 90.1 g/mol. The quantitative estimate of drug-likeness (QED) is 0.281. The molecule has 0 fully saturated rings. The lowest BCUT2D eigenvalue weighted by atomic mass is 10.5. The van der Waals surface area contributed by atoms with Crippen LogP contribution in [-0.2, 0) is 0 Å². The topological polar surface area (TPSA) is 50.7 Å². The summed E-state index contributed by atoms with van der Waals surface area (Å²) in [6, 6.07) is 0. The Morgan fingerprint density at radius 2 is 2.29 bits per heavy atom. The molecule has 0 aromatic carbocycles.